The van der Waals surface area contributed by atoms with Crippen LogP contribution in [0, 0.1) is 5.82 Å². The second-order valence-corrected chi connectivity index (χ2v) is 4.44. The van der Waals surface area contributed by atoms with E-state index in [0.29, 0.717) is 25.2 Å². The summed E-state index contributed by atoms with van der Waals surface area (Å²) in [5, 5.41) is 3.31. The third kappa shape index (κ3) is 3.35. The van der Waals surface area contributed by atoms with Gasteiger partial charge in [-0.15, -0.1) is 0 Å². The summed E-state index contributed by atoms with van der Waals surface area (Å²) in [6.07, 6.45) is 0.385. The fourth-order valence-electron chi connectivity index (χ4n) is 1.98. The standard InChI is InChI=1S/C13H16FNO2/c1-9-7-17-8-12(15-9)6-13(16)10-2-4-11(14)5-3-10/h2-5,9,12,15H,6-8H2,1H3. The highest BCUT2D eigenvalue weighted by molar-refractivity contribution is 5.96. The van der Waals surface area contributed by atoms with Crippen LogP contribution in [0.2, 0.25) is 0 Å². The lowest BCUT2D eigenvalue weighted by molar-refractivity contribution is 0.0463. The molecule has 1 saturated heterocycles. The Hall–Kier alpha value is -1.26. The van der Waals surface area contributed by atoms with Crippen LogP contribution in [0.3, 0.4) is 0 Å². The van der Waals surface area contributed by atoms with E-state index in [4.69, 9.17) is 4.74 Å². The van der Waals surface area contributed by atoms with E-state index in [2.05, 4.69) is 5.32 Å². The van der Waals surface area contributed by atoms with Gasteiger partial charge in [0.2, 0.25) is 0 Å². The van der Waals surface area contributed by atoms with Gasteiger partial charge >= 0.3 is 0 Å². The van der Waals surface area contributed by atoms with Crippen LogP contribution in [0.4, 0.5) is 4.39 Å². The van der Waals surface area contributed by atoms with Crippen molar-refractivity contribution in [3.63, 3.8) is 0 Å². The average molecular weight is 237 g/mol. The number of ketones is 1. The fraction of sp³-hybridized carbons (Fsp3) is 0.462. The van der Waals surface area contributed by atoms with Crippen LogP contribution in [0.25, 0.3) is 0 Å². The largest absolute Gasteiger partial charge is 0.378 e. The van der Waals surface area contributed by atoms with E-state index in [9.17, 15) is 9.18 Å². The predicted octanol–water partition coefficient (Wildman–Crippen LogP) is 1.78. The quantitative estimate of drug-likeness (QED) is 0.814. The number of nitrogens with one attached hydrogen (secondary N) is 1. The number of rotatable bonds is 3. The lowest BCUT2D eigenvalue weighted by Gasteiger charge is -2.28. The summed E-state index contributed by atoms with van der Waals surface area (Å²) in [4.78, 5) is 11.9. The second-order valence-electron chi connectivity index (χ2n) is 4.44. The molecule has 4 heteroatoms. The van der Waals surface area contributed by atoms with Crippen molar-refractivity contribution in [1.82, 2.24) is 5.32 Å². The number of halogens is 1. The lowest BCUT2D eigenvalue weighted by atomic mass is 10.0. The summed E-state index contributed by atoms with van der Waals surface area (Å²) in [6.45, 7) is 3.26. The molecule has 0 aromatic heterocycles. The summed E-state index contributed by atoms with van der Waals surface area (Å²) in [6, 6.07) is 5.97. The average Bonchev–Trinajstić information content (AvgIpc) is 2.29. The number of hydrogen-bond donors (Lipinski definition) is 1. The normalized spacial score (nSPS) is 24.6. The summed E-state index contributed by atoms with van der Waals surface area (Å²) >= 11 is 0. The number of Topliss-reactive ketones (excluding diaryl/α,β-unsaturated/α-hetero) is 1. The van der Waals surface area contributed by atoms with Crippen molar-refractivity contribution in [1.29, 1.82) is 0 Å². The first-order chi connectivity index (χ1) is 8.15. The van der Waals surface area contributed by atoms with Gasteiger partial charge in [-0.25, -0.2) is 4.39 Å². The zero-order chi connectivity index (χ0) is 12.3. The molecule has 0 amide bonds. The van der Waals surface area contributed by atoms with E-state index in [0.717, 1.165) is 0 Å². The van der Waals surface area contributed by atoms with Crippen molar-refractivity contribution in [2.24, 2.45) is 0 Å². The molecule has 2 unspecified atom stereocenters. The minimum atomic E-state index is -0.325. The van der Waals surface area contributed by atoms with Crippen LogP contribution in [-0.4, -0.2) is 31.1 Å². The van der Waals surface area contributed by atoms with Gasteiger partial charge < -0.3 is 10.1 Å². The van der Waals surface area contributed by atoms with Crippen molar-refractivity contribution < 1.29 is 13.9 Å². The molecule has 0 saturated carbocycles. The predicted molar refractivity (Wildman–Crippen MR) is 62.6 cm³/mol. The van der Waals surface area contributed by atoms with Crippen LogP contribution in [0.5, 0.6) is 0 Å². The van der Waals surface area contributed by atoms with Crippen LogP contribution in [0.15, 0.2) is 24.3 Å². The molecule has 17 heavy (non-hydrogen) atoms. The molecular formula is C13H16FNO2. The van der Waals surface area contributed by atoms with Crippen molar-refractivity contribution in [2.75, 3.05) is 13.2 Å². The number of benzene rings is 1. The molecule has 2 atom stereocenters. The van der Waals surface area contributed by atoms with Crippen LogP contribution >= 0.6 is 0 Å². The van der Waals surface area contributed by atoms with Gasteiger partial charge in [-0.3, -0.25) is 4.79 Å². The molecule has 0 radical (unpaired) electrons. The Labute approximate surface area is 100.0 Å². The Morgan fingerprint density at radius 2 is 2.12 bits per heavy atom. The molecule has 1 aromatic rings. The Morgan fingerprint density at radius 1 is 1.41 bits per heavy atom. The van der Waals surface area contributed by atoms with Crippen LogP contribution in [0.1, 0.15) is 23.7 Å². The van der Waals surface area contributed by atoms with E-state index < -0.39 is 0 Å². The van der Waals surface area contributed by atoms with Gasteiger partial charge in [-0.05, 0) is 31.2 Å². The van der Waals surface area contributed by atoms with Crippen molar-refractivity contribution in [3.8, 4) is 0 Å². The van der Waals surface area contributed by atoms with Gasteiger partial charge in [0.15, 0.2) is 5.78 Å². The Morgan fingerprint density at radius 3 is 2.76 bits per heavy atom. The van der Waals surface area contributed by atoms with Crippen LogP contribution in [-0.2, 0) is 4.74 Å². The molecule has 1 aliphatic heterocycles. The number of carbonyl (C=O) groups excluding carboxylic acids is 1. The Balaban J connectivity index is 1.94. The first-order valence-electron chi connectivity index (χ1n) is 5.77. The zero-order valence-electron chi connectivity index (χ0n) is 9.78. The third-order valence-electron chi connectivity index (χ3n) is 2.81. The lowest BCUT2D eigenvalue weighted by Crippen LogP contribution is -2.48. The molecule has 1 aliphatic rings. The first kappa shape index (κ1) is 12.2. The molecule has 2 rings (SSSR count). The van der Waals surface area contributed by atoms with E-state index in [1.54, 1.807) is 0 Å². The maximum absolute atomic E-state index is 12.7. The van der Waals surface area contributed by atoms with Crippen LogP contribution < -0.4 is 5.32 Å². The Kier molecular flexibility index (Phi) is 3.86. The van der Waals surface area contributed by atoms with Gasteiger partial charge in [-0.2, -0.15) is 0 Å². The summed E-state index contributed by atoms with van der Waals surface area (Å²) in [5.74, 6) is -0.311. The Bertz CT molecular complexity index is 391. The summed E-state index contributed by atoms with van der Waals surface area (Å²) in [7, 11) is 0. The molecule has 0 aliphatic carbocycles. The number of carbonyl (C=O) groups is 1. The summed E-state index contributed by atoms with van der Waals surface area (Å²) < 4.78 is 18.1. The van der Waals surface area contributed by atoms with E-state index in [-0.39, 0.29) is 23.7 Å². The fourth-order valence-corrected chi connectivity index (χ4v) is 1.98. The van der Waals surface area contributed by atoms with Gasteiger partial charge in [0.25, 0.3) is 0 Å². The molecular weight excluding hydrogens is 221 g/mol. The van der Waals surface area contributed by atoms with Crippen molar-refractivity contribution in [2.45, 2.75) is 25.4 Å². The molecule has 3 nitrogen and oxygen atoms in total. The van der Waals surface area contributed by atoms with Crippen molar-refractivity contribution >= 4 is 5.78 Å². The molecule has 0 spiro atoms. The van der Waals surface area contributed by atoms with Crippen molar-refractivity contribution in [3.05, 3.63) is 35.6 Å². The highest BCUT2D eigenvalue weighted by Gasteiger charge is 2.21. The number of hydrogen-bond acceptors (Lipinski definition) is 3. The second kappa shape index (κ2) is 5.38. The molecule has 1 aromatic carbocycles. The summed E-state index contributed by atoms with van der Waals surface area (Å²) in [5.41, 5.74) is 0.548. The molecule has 0 bridgehead atoms. The number of ether oxygens (including phenoxy) is 1. The van der Waals surface area contributed by atoms with E-state index in [1.165, 1.54) is 24.3 Å². The van der Waals surface area contributed by atoms with Gasteiger partial charge in [0, 0.05) is 24.1 Å². The molecule has 1 heterocycles. The van der Waals surface area contributed by atoms with Gasteiger partial charge in [0.1, 0.15) is 5.82 Å². The minimum Gasteiger partial charge on any atom is -0.378 e. The number of morpholine rings is 1. The maximum atomic E-state index is 12.7. The van der Waals surface area contributed by atoms with E-state index in [1.807, 2.05) is 6.92 Å². The first-order valence-corrected chi connectivity index (χ1v) is 5.77. The highest BCUT2D eigenvalue weighted by Crippen LogP contribution is 2.10. The zero-order valence-corrected chi connectivity index (χ0v) is 9.78. The SMILES string of the molecule is CC1COCC(CC(=O)c2ccc(F)cc2)N1. The maximum Gasteiger partial charge on any atom is 0.164 e. The third-order valence-corrected chi connectivity index (χ3v) is 2.81. The minimum absolute atomic E-state index is 0.0141. The van der Waals surface area contributed by atoms with Gasteiger partial charge in [0.05, 0.1) is 13.2 Å². The molecule has 1 N–H and O–H groups in total. The smallest absolute Gasteiger partial charge is 0.164 e. The molecule has 1 fully saturated rings. The highest BCUT2D eigenvalue weighted by atomic mass is 19.1. The van der Waals surface area contributed by atoms with Gasteiger partial charge in [-0.1, -0.05) is 0 Å². The molecule has 92 valence electrons. The topological polar surface area (TPSA) is 38.3 Å². The van der Waals surface area contributed by atoms with E-state index >= 15 is 0 Å². The monoisotopic (exact) mass is 237 g/mol.